The topological polar surface area (TPSA) is 58.2 Å². The fourth-order valence-corrected chi connectivity index (χ4v) is 2.58. The molecule has 1 unspecified atom stereocenters. The van der Waals surface area contributed by atoms with Crippen LogP contribution in [0.3, 0.4) is 0 Å². The molecular formula is C10H11ClN2O2S. The molecule has 2 N–H and O–H groups in total. The number of rotatable bonds is 3. The Morgan fingerprint density at radius 3 is 3.00 bits per heavy atom. The lowest BCUT2D eigenvalue weighted by atomic mass is 10.2. The highest BCUT2D eigenvalue weighted by Crippen LogP contribution is 2.21. The van der Waals surface area contributed by atoms with Gasteiger partial charge in [-0.1, -0.05) is 11.6 Å². The first-order valence-electron chi connectivity index (χ1n) is 4.96. The quantitative estimate of drug-likeness (QED) is 0.859. The molecule has 4 nitrogen and oxygen atoms in total. The van der Waals surface area contributed by atoms with Crippen molar-refractivity contribution < 1.29 is 9.59 Å². The molecule has 0 bridgehead atoms. The summed E-state index contributed by atoms with van der Waals surface area (Å²) in [5.74, 6) is -0.185. The molecule has 2 amide bonds. The van der Waals surface area contributed by atoms with Gasteiger partial charge < -0.3 is 10.6 Å². The summed E-state index contributed by atoms with van der Waals surface area (Å²) in [6.07, 6.45) is 1.01. The second kappa shape index (κ2) is 4.84. The van der Waals surface area contributed by atoms with Gasteiger partial charge in [0.05, 0.1) is 10.9 Å². The standard InChI is InChI=1S/C10H11ClN2O2S/c11-8-3-1-6(16-8)5-12-10(15)7-2-4-9(14)13-7/h1,3,7H,2,4-5H2,(H,12,15)(H,13,14). The third-order valence-corrected chi connectivity index (χ3v) is 3.61. The fraction of sp³-hybridized carbons (Fsp3) is 0.400. The zero-order chi connectivity index (χ0) is 11.5. The van der Waals surface area contributed by atoms with Gasteiger partial charge in [-0.05, 0) is 18.6 Å². The summed E-state index contributed by atoms with van der Waals surface area (Å²) in [5, 5.41) is 5.39. The lowest BCUT2D eigenvalue weighted by molar-refractivity contribution is -0.125. The lowest BCUT2D eigenvalue weighted by Gasteiger charge is -2.09. The first-order valence-corrected chi connectivity index (χ1v) is 6.16. The van der Waals surface area contributed by atoms with Crippen LogP contribution >= 0.6 is 22.9 Å². The second-order valence-electron chi connectivity index (χ2n) is 3.58. The van der Waals surface area contributed by atoms with Crippen molar-refractivity contribution in [1.29, 1.82) is 0 Å². The van der Waals surface area contributed by atoms with E-state index in [9.17, 15) is 9.59 Å². The monoisotopic (exact) mass is 258 g/mol. The lowest BCUT2D eigenvalue weighted by Crippen LogP contribution is -2.41. The predicted octanol–water partition coefficient (Wildman–Crippen LogP) is 1.30. The Morgan fingerprint density at radius 2 is 2.44 bits per heavy atom. The third kappa shape index (κ3) is 2.74. The van der Waals surface area contributed by atoms with E-state index in [0.717, 1.165) is 4.88 Å². The molecule has 86 valence electrons. The highest BCUT2D eigenvalue weighted by Gasteiger charge is 2.26. The smallest absolute Gasteiger partial charge is 0.242 e. The van der Waals surface area contributed by atoms with Crippen molar-refractivity contribution in [3.8, 4) is 0 Å². The SMILES string of the molecule is O=C1CCC(C(=O)NCc2ccc(Cl)s2)N1. The van der Waals surface area contributed by atoms with Crippen LogP contribution in [-0.4, -0.2) is 17.9 Å². The van der Waals surface area contributed by atoms with E-state index in [0.29, 0.717) is 23.7 Å². The molecule has 0 aliphatic carbocycles. The zero-order valence-corrected chi connectivity index (χ0v) is 10.0. The molecule has 1 aromatic heterocycles. The van der Waals surface area contributed by atoms with E-state index in [-0.39, 0.29) is 17.9 Å². The maximum absolute atomic E-state index is 11.6. The van der Waals surface area contributed by atoms with Crippen LogP contribution in [-0.2, 0) is 16.1 Å². The van der Waals surface area contributed by atoms with Gasteiger partial charge in [-0.25, -0.2) is 0 Å². The molecule has 16 heavy (non-hydrogen) atoms. The molecule has 1 atom stereocenters. The van der Waals surface area contributed by atoms with Crippen LogP contribution in [0, 0.1) is 0 Å². The van der Waals surface area contributed by atoms with Crippen LogP contribution in [0.25, 0.3) is 0 Å². The van der Waals surface area contributed by atoms with Crippen molar-refractivity contribution in [1.82, 2.24) is 10.6 Å². The molecule has 2 heterocycles. The molecule has 0 spiro atoms. The Labute approximate surface area is 102 Å². The van der Waals surface area contributed by atoms with Crippen molar-refractivity contribution in [2.75, 3.05) is 0 Å². The molecule has 1 aliphatic rings. The Balaban J connectivity index is 1.82. The van der Waals surface area contributed by atoms with Crippen LogP contribution in [0.1, 0.15) is 17.7 Å². The van der Waals surface area contributed by atoms with Gasteiger partial charge >= 0.3 is 0 Å². The number of carbonyl (C=O) groups is 2. The number of nitrogens with one attached hydrogen (secondary N) is 2. The number of hydrogen-bond acceptors (Lipinski definition) is 3. The number of thiophene rings is 1. The Hall–Kier alpha value is -1.07. The zero-order valence-electron chi connectivity index (χ0n) is 8.46. The van der Waals surface area contributed by atoms with Crippen molar-refractivity contribution >= 4 is 34.8 Å². The van der Waals surface area contributed by atoms with Crippen LogP contribution in [0.5, 0.6) is 0 Å². The summed E-state index contributed by atoms with van der Waals surface area (Å²) in [6.45, 7) is 0.461. The van der Waals surface area contributed by atoms with Gasteiger partial charge in [0.2, 0.25) is 11.8 Å². The Morgan fingerprint density at radius 1 is 1.62 bits per heavy atom. The number of carbonyl (C=O) groups excluding carboxylic acids is 2. The summed E-state index contributed by atoms with van der Waals surface area (Å²) in [7, 11) is 0. The predicted molar refractivity (Wildman–Crippen MR) is 62.3 cm³/mol. The maximum Gasteiger partial charge on any atom is 0.242 e. The number of halogens is 1. The van der Waals surface area contributed by atoms with Gasteiger partial charge in [-0.2, -0.15) is 0 Å². The highest BCUT2D eigenvalue weighted by molar-refractivity contribution is 7.16. The summed E-state index contributed by atoms with van der Waals surface area (Å²) < 4.78 is 0.707. The second-order valence-corrected chi connectivity index (χ2v) is 5.38. The molecule has 1 fully saturated rings. The molecule has 6 heteroatoms. The van der Waals surface area contributed by atoms with E-state index in [1.54, 1.807) is 6.07 Å². The minimum absolute atomic E-state index is 0.0562. The average molecular weight is 259 g/mol. The molecular weight excluding hydrogens is 248 g/mol. The van der Waals surface area contributed by atoms with Crippen molar-refractivity contribution in [2.24, 2.45) is 0 Å². The van der Waals surface area contributed by atoms with Crippen LogP contribution in [0.4, 0.5) is 0 Å². The van der Waals surface area contributed by atoms with Gasteiger partial charge in [0.25, 0.3) is 0 Å². The molecule has 1 aromatic rings. The largest absolute Gasteiger partial charge is 0.349 e. The van der Waals surface area contributed by atoms with Gasteiger partial charge in [-0.15, -0.1) is 11.3 Å². The van der Waals surface area contributed by atoms with Crippen LogP contribution < -0.4 is 10.6 Å². The first-order chi connectivity index (χ1) is 7.65. The van der Waals surface area contributed by atoms with E-state index < -0.39 is 0 Å². The maximum atomic E-state index is 11.6. The molecule has 2 rings (SSSR count). The van der Waals surface area contributed by atoms with E-state index >= 15 is 0 Å². The third-order valence-electron chi connectivity index (χ3n) is 2.38. The summed E-state index contributed by atoms with van der Waals surface area (Å²) in [4.78, 5) is 23.5. The molecule has 0 saturated carbocycles. The average Bonchev–Trinajstić information content (AvgIpc) is 2.84. The van der Waals surface area contributed by atoms with Gasteiger partial charge in [0, 0.05) is 11.3 Å². The fourth-order valence-electron chi connectivity index (χ4n) is 1.55. The summed E-state index contributed by atoms with van der Waals surface area (Å²) in [6, 6.07) is 3.30. The number of amides is 2. The minimum atomic E-state index is -0.372. The minimum Gasteiger partial charge on any atom is -0.349 e. The number of hydrogen-bond donors (Lipinski definition) is 2. The van der Waals surface area contributed by atoms with Gasteiger partial charge in [0.15, 0.2) is 0 Å². The van der Waals surface area contributed by atoms with Crippen molar-refractivity contribution in [3.05, 3.63) is 21.3 Å². The van der Waals surface area contributed by atoms with Crippen molar-refractivity contribution in [3.63, 3.8) is 0 Å². The highest BCUT2D eigenvalue weighted by atomic mass is 35.5. The van der Waals surface area contributed by atoms with Gasteiger partial charge in [-0.3, -0.25) is 9.59 Å². The van der Waals surface area contributed by atoms with E-state index in [1.807, 2.05) is 6.07 Å². The summed E-state index contributed by atoms with van der Waals surface area (Å²) >= 11 is 7.21. The van der Waals surface area contributed by atoms with E-state index in [4.69, 9.17) is 11.6 Å². The van der Waals surface area contributed by atoms with E-state index in [2.05, 4.69) is 10.6 Å². The normalized spacial score (nSPS) is 19.6. The van der Waals surface area contributed by atoms with Crippen molar-refractivity contribution in [2.45, 2.75) is 25.4 Å². The molecule has 1 aliphatic heterocycles. The van der Waals surface area contributed by atoms with Crippen LogP contribution in [0.15, 0.2) is 12.1 Å². The molecule has 0 aromatic carbocycles. The Bertz CT molecular complexity index is 419. The molecule has 1 saturated heterocycles. The van der Waals surface area contributed by atoms with Gasteiger partial charge in [0.1, 0.15) is 6.04 Å². The van der Waals surface area contributed by atoms with E-state index in [1.165, 1.54) is 11.3 Å². The molecule has 0 radical (unpaired) electrons. The first kappa shape index (κ1) is 11.4. The Kier molecular flexibility index (Phi) is 3.46. The summed E-state index contributed by atoms with van der Waals surface area (Å²) in [5.41, 5.74) is 0. The van der Waals surface area contributed by atoms with Crippen LogP contribution in [0.2, 0.25) is 4.34 Å².